The van der Waals surface area contributed by atoms with Crippen molar-refractivity contribution in [1.82, 2.24) is 0 Å². The minimum absolute atomic E-state index is 0.406. The van der Waals surface area contributed by atoms with Crippen molar-refractivity contribution >= 4 is 22.0 Å². The predicted molar refractivity (Wildman–Crippen MR) is 85.6 cm³/mol. The van der Waals surface area contributed by atoms with Gasteiger partial charge >= 0.3 is 0 Å². The molecule has 0 atom stereocenters. The second-order valence-corrected chi connectivity index (χ2v) is 6.85. The third kappa shape index (κ3) is 2.45. The number of ether oxygens (including phenoxy) is 1. The standard InChI is InChI=1S/C17H20BrNO2/c1-21-16-14(17(19-11-20)8-5-9-17)10-12-6-3-2-4-7-13(12)15(16)18/h10H,2-9H2,1H3. The van der Waals surface area contributed by atoms with Gasteiger partial charge in [-0.3, -0.25) is 0 Å². The molecule has 0 spiro atoms. The summed E-state index contributed by atoms with van der Waals surface area (Å²) in [6, 6.07) is 2.24. The largest absolute Gasteiger partial charge is 0.495 e. The topological polar surface area (TPSA) is 38.7 Å². The quantitative estimate of drug-likeness (QED) is 0.459. The Labute approximate surface area is 133 Å². The van der Waals surface area contributed by atoms with Crippen molar-refractivity contribution in [2.24, 2.45) is 4.99 Å². The van der Waals surface area contributed by atoms with E-state index in [4.69, 9.17) is 4.74 Å². The van der Waals surface area contributed by atoms with Crippen LogP contribution in [0.2, 0.25) is 0 Å². The number of hydrogen-bond acceptors (Lipinski definition) is 3. The van der Waals surface area contributed by atoms with Gasteiger partial charge in [0.2, 0.25) is 6.08 Å². The van der Waals surface area contributed by atoms with E-state index in [1.165, 1.54) is 30.4 Å². The highest BCUT2D eigenvalue weighted by molar-refractivity contribution is 9.10. The maximum absolute atomic E-state index is 10.9. The summed E-state index contributed by atoms with van der Waals surface area (Å²) in [4.78, 5) is 15.0. The summed E-state index contributed by atoms with van der Waals surface area (Å²) in [5.41, 5.74) is 3.42. The van der Waals surface area contributed by atoms with Crippen molar-refractivity contribution in [2.45, 2.75) is 56.9 Å². The number of methoxy groups -OCH3 is 1. The van der Waals surface area contributed by atoms with Gasteiger partial charge in [-0.2, -0.15) is 4.99 Å². The number of benzene rings is 1. The van der Waals surface area contributed by atoms with Crippen LogP contribution >= 0.6 is 15.9 Å². The average molecular weight is 350 g/mol. The molecule has 0 radical (unpaired) electrons. The minimum atomic E-state index is -0.406. The Kier molecular flexibility index (Phi) is 4.19. The fraction of sp³-hybridized carbons (Fsp3) is 0.588. The van der Waals surface area contributed by atoms with Gasteiger partial charge in [-0.1, -0.05) is 6.42 Å². The van der Waals surface area contributed by atoms with E-state index in [1.807, 2.05) is 0 Å². The molecule has 0 unspecified atom stereocenters. The fourth-order valence-corrected chi connectivity index (χ4v) is 4.42. The monoisotopic (exact) mass is 349 g/mol. The van der Waals surface area contributed by atoms with Gasteiger partial charge in [-0.25, -0.2) is 4.79 Å². The van der Waals surface area contributed by atoms with Gasteiger partial charge in [0.15, 0.2) is 0 Å². The van der Waals surface area contributed by atoms with Crippen LogP contribution in [0.5, 0.6) is 5.75 Å². The number of aliphatic imine (C=N–C) groups is 1. The lowest BCUT2D eigenvalue weighted by molar-refractivity contribution is 0.245. The smallest absolute Gasteiger partial charge is 0.235 e. The Balaban J connectivity index is 2.18. The number of isocyanates is 1. The molecule has 1 aromatic rings. The highest BCUT2D eigenvalue weighted by atomic mass is 79.9. The van der Waals surface area contributed by atoms with Crippen LogP contribution < -0.4 is 4.74 Å². The highest BCUT2D eigenvalue weighted by Crippen LogP contribution is 2.51. The molecule has 0 aromatic heterocycles. The summed E-state index contributed by atoms with van der Waals surface area (Å²) in [6.07, 6.45) is 10.6. The van der Waals surface area contributed by atoms with E-state index in [2.05, 4.69) is 27.0 Å². The Morgan fingerprint density at radius 2 is 2.00 bits per heavy atom. The van der Waals surface area contributed by atoms with Crippen molar-refractivity contribution in [3.8, 4) is 5.75 Å². The maximum atomic E-state index is 10.9. The molecule has 0 amide bonds. The average Bonchev–Trinajstić information content (AvgIpc) is 2.68. The summed E-state index contributed by atoms with van der Waals surface area (Å²) in [7, 11) is 1.70. The molecule has 0 saturated heterocycles. The molecule has 3 nitrogen and oxygen atoms in total. The van der Waals surface area contributed by atoms with Crippen molar-refractivity contribution in [3.63, 3.8) is 0 Å². The molecule has 0 aliphatic heterocycles. The molecule has 0 bridgehead atoms. The summed E-state index contributed by atoms with van der Waals surface area (Å²) in [5.74, 6) is 0.856. The minimum Gasteiger partial charge on any atom is -0.495 e. The van der Waals surface area contributed by atoms with Gasteiger partial charge in [-0.15, -0.1) is 0 Å². The maximum Gasteiger partial charge on any atom is 0.235 e. The number of halogens is 1. The van der Waals surface area contributed by atoms with E-state index in [0.29, 0.717) is 0 Å². The number of fused-ring (bicyclic) bond motifs is 1. The molecule has 2 aliphatic rings. The first-order valence-electron chi connectivity index (χ1n) is 7.69. The van der Waals surface area contributed by atoms with E-state index in [9.17, 15) is 4.79 Å². The number of nitrogens with zero attached hydrogens (tertiary/aromatic N) is 1. The molecule has 21 heavy (non-hydrogen) atoms. The molecule has 3 rings (SSSR count). The van der Waals surface area contributed by atoms with E-state index >= 15 is 0 Å². The van der Waals surface area contributed by atoms with Crippen molar-refractivity contribution in [2.75, 3.05) is 7.11 Å². The van der Waals surface area contributed by atoms with E-state index in [1.54, 1.807) is 13.2 Å². The van der Waals surface area contributed by atoms with Crippen LogP contribution in [-0.4, -0.2) is 13.2 Å². The van der Waals surface area contributed by atoms with Crippen LogP contribution in [0, 0.1) is 0 Å². The van der Waals surface area contributed by atoms with Crippen LogP contribution in [0.4, 0.5) is 0 Å². The van der Waals surface area contributed by atoms with Crippen molar-refractivity contribution < 1.29 is 9.53 Å². The van der Waals surface area contributed by atoms with E-state index < -0.39 is 5.54 Å². The Bertz CT molecular complexity index is 601. The Morgan fingerprint density at radius 1 is 1.24 bits per heavy atom. The van der Waals surface area contributed by atoms with Crippen LogP contribution in [-0.2, 0) is 23.2 Å². The third-order valence-corrected chi connectivity index (χ3v) is 5.77. The van der Waals surface area contributed by atoms with Crippen molar-refractivity contribution in [1.29, 1.82) is 0 Å². The molecule has 2 aliphatic carbocycles. The van der Waals surface area contributed by atoms with Gasteiger partial charge in [0.1, 0.15) is 11.3 Å². The molecule has 0 N–H and O–H groups in total. The SMILES string of the molecule is COc1c(C2(N=C=O)CCC2)cc2c(c1Br)CCCCC2. The Hall–Kier alpha value is -1.12. The van der Waals surface area contributed by atoms with E-state index in [-0.39, 0.29) is 0 Å². The lowest BCUT2D eigenvalue weighted by atomic mass is 9.71. The molecule has 4 heteroatoms. The molecule has 112 valence electrons. The van der Waals surface area contributed by atoms with Gasteiger partial charge in [0.05, 0.1) is 11.6 Å². The second-order valence-electron chi connectivity index (χ2n) is 6.06. The van der Waals surface area contributed by atoms with Crippen LogP contribution in [0.3, 0.4) is 0 Å². The first-order chi connectivity index (χ1) is 10.2. The van der Waals surface area contributed by atoms with E-state index in [0.717, 1.165) is 47.9 Å². The second kappa shape index (κ2) is 5.94. The lowest BCUT2D eigenvalue weighted by Gasteiger charge is -2.38. The number of rotatable bonds is 3. The molecular weight excluding hydrogens is 330 g/mol. The van der Waals surface area contributed by atoms with Gasteiger partial charge in [-0.05, 0) is 78.1 Å². The van der Waals surface area contributed by atoms with Crippen LogP contribution in [0.15, 0.2) is 15.5 Å². The zero-order valence-electron chi connectivity index (χ0n) is 12.4. The zero-order valence-corrected chi connectivity index (χ0v) is 14.0. The Morgan fingerprint density at radius 3 is 2.62 bits per heavy atom. The van der Waals surface area contributed by atoms with Crippen molar-refractivity contribution in [3.05, 3.63) is 27.2 Å². The van der Waals surface area contributed by atoms with Gasteiger partial charge < -0.3 is 4.74 Å². The number of aryl methyl sites for hydroxylation is 1. The third-order valence-electron chi connectivity index (χ3n) is 4.93. The first kappa shape index (κ1) is 14.8. The molecule has 1 fully saturated rings. The van der Waals surface area contributed by atoms with Gasteiger partial charge in [0, 0.05) is 5.56 Å². The summed E-state index contributed by atoms with van der Waals surface area (Å²) >= 11 is 3.74. The fourth-order valence-electron chi connectivity index (χ4n) is 3.60. The van der Waals surface area contributed by atoms with Crippen LogP contribution in [0.1, 0.15) is 55.2 Å². The van der Waals surface area contributed by atoms with Crippen LogP contribution in [0.25, 0.3) is 0 Å². The first-order valence-corrected chi connectivity index (χ1v) is 8.49. The normalized spacial score (nSPS) is 19.7. The summed E-state index contributed by atoms with van der Waals surface area (Å²) in [5, 5.41) is 0. The number of carbonyl (C=O) groups excluding carboxylic acids is 1. The van der Waals surface area contributed by atoms with Gasteiger partial charge in [0.25, 0.3) is 0 Å². The summed E-state index contributed by atoms with van der Waals surface area (Å²) in [6.45, 7) is 0. The summed E-state index contributed by atoms with van der Waals surface area (Å²) < 4.78 is 6.74. The lowest BCUT2D eigenvalue weighted by Crippen LogP contribution is -2.32. The highest BCUT2D eigenvalue weighted by Gasteiger charge is 2.42. The predicted octanol–water partition coefficient (Wildman–Crippen LogP) is 4.44. The molecule has 0 heterocycles. The number of hydrogen-bond donors (Lipinski definition) is 0. The zero-order chi connectivity index (χ0) is 14.9. The molecular formula is C17H20BrNO2. The molecule has 1 saturated carbocycles. The molecule has 1 aromatic carbocycles.